The van der Waals surface area contributed by atoms with Crippen molar-refractivity contribution in [2.45, 2.75) is 43.2 Å². The van der Waals surface area contributed by atoms with Gasteiger partial charge in [-0.2, -0.15) is 0 Å². The largest absolute Gasteiger partial charge is 0.348 e. The number of carbonyl (C=O) groups excluding carboxylic acids is 2. The van der Waals surface area contributed by atoms with Gasteiger partial charge in [-0.25, -0.2) is 8.42 Å². The fraction of sp³-hybridized carbons (Fsp3) is 0.400. The Labute approximate surface area is 175 Å². The van der Waals surface area contributed by atoms with Crippen molar-refractivity contribution in [3.8, 4) is 0 Å². The number of fused-ring (bicyclic) bond motifs is 1. The standard InChI is InChI=1S/C20H25N3O4S2/c1-2-3-4-11-21-19(24)20(25)22-16-10-9-15-7-5-12-23(17(15)14-16)29(26,27)18-8-6-13-28-18/h6,8-10,13-14H,2-5,7,11-12H2,1H3,(H,21,24)(H,22,25). The Morgan fingerprint density at radius 3 is 2.72 bits per heavy atom. The zero-order chi connectivity index (χ0) is 20.9. The quantitative estimate of drug-likeness (QED) is 0.516. The van der Waals surface area contributed by atoms with E-state index in [2.05, 4.69) is 17.6 Å². The molecular weight excluding hydrogens is 410 g/mol. The first-order chi connectivity index (χ1) is 13.9. The molecule has 2 heterocycles. The Morgan fingerprint density at radius 1 is 1.17 bits per heavy atom. The normalized spacial score (nSPS) is 13.6. The molecule has 9 heteroatoms. The zero-order valence-electron chi connectivity index (χ0n) is 16.3. The van der Waals surface area contributed by atoms with Gasteiger partial charge in [-0.05, 0) is 48.4 Å². The van der Waals surface area contributed by atoms with Crippen LogP contribution in [-0.2, 0) is 26.0 Å². The molecule has 0 unspecified atom stereocenters. The lowest BCUT2D eigenvalue weighted by Crippen LogP contribution is -2.36. The van der Waals surface area contributed by atoms with Gasteiger partial charge in [0.05, 0.1) is 5.69 Å². The van der Waals surface area contributed by atoms with E-state index >= 15 is 0 Å². The van der Waals surface area contributed by atoms with Crippen LogP contribution in [0.5, 0.6) is 0 Å². The zero-order valence-corrected chi connectivity index (χ0v) is 17.9. The van der Waals surface area contributed by atoms with Gasteiger partial charge in [0.1, 0.15) is 4.21 Å². The lowest BCUT2D eigenvalue weighted by Gasteiger charge is -2.30. The van der Waals surface area contributed by atoms with Gasteiger partial charge in [0.2, 0.25) is 0 Å². The number of sulfonamides is 1. The van der Waals surface area contributed by atoms with Gasteiger partial charge < -0.3 is 10.6 Å². The molecule has 0 bridgehead atoms. The Balaban J connectivity index is 1.76. The van der Waals surface area contributed by atoms with Gasteiger partial charge >= 0.3 is 11.8 Å². The molecule has 2 aromatic rings. The Hall–Kier alpha value is -2.39. The Kier molecular flexibility index (Phi) is 6.92. The van der Waals surface area contributed by atoms with Gasteiger partial charge in [-0.1, -0.05) is 31.9 Å². The highest BCUT2D eigenvalue weighted by Crippen LogP contribution is 2.35. The maximum atomic E-state index is 13.0. The molecule has 0 saturated carbocycles. The van der Waals surface area contributed by atoms with Crippen LogP contribution in [0, 0.1) is 0 Å². The van der Waals surface area contributed by atoms with Crippen LogP contribution in [0.4, 0.5) is 11.4 Å². The van der Waals surface area contributed by atoms with Crippen molar-refractivity contribution < 1.29 is 18.0 Å². The molecule has 2 amide bonds. The van der Waals surface area contributed by atoms with Crippen LogP contribution in [0.3, 0.4) is 0 Å². The summed E-state index contributed by atoms with van der Waals surface area (Å²) in [6.45, 7) is 2.90. The predicted molar refractivity (Wildman–Crippen MR) is 115 cm³/mol. The third-order valence-electron chi connectivity index (χ3n) is 4.73. The van der Waals surface area contributed by atoms with E-state index in [1.165, 1.54) is 15.6 Å². The van der Waals surface area contributed by atoms with Crippen LogP contribution < -0.4 is 14.9 Å². The molecule has 0 saturated heterocycles. The number of carbonyl (C=O) groups is 2. The topological polar surface area (TPSA) is 95.6 Å². The molecule has 3 rings (SSSR count). The molecule has 1 aromatic heterocycles. The number of thiophene rings is 1. The lowest BCUT2D eigenvalue weighted by atomic mass is 10.0. The number of rotatable bonds is 7. The molecule has 0 fully saturated rings. The van der Waals surface area contributed by atoms with E-state index in [0.29, 0.717) is 24.5 Å². The highest BCUT2D eigenvalue weighted by molar-refractivity contribution is 7.94. The van der Waals surface area contributed by atoms with Crippen LogP contribution >= 0.6 is 11.3 Å². The van der Waals surface area contributed by atoms with Gasteiger partial charge in [0.25, 0.3) is 10.0 Å². The van der Waals surface area contributed by atoms with E-state index < -0.39 is 21.8 Å². The third kappa shape index (κ3) is 4.97. The number of nitrogens with one attached hydrogen (secondary N) is 2. The SMILES string of the molecule is CCCCCNC(=O)C(=O)Nc1ccc2c(c1)N(S(=O)(=O)c1cccs1)CCC2. The van der Waals surface area contributed by atoms with Crippen molar-refractivity contribution in [3.05, 3.63) is 41.3 Å². The molecule has 0 spiro atoms. The summed E-state index contributed by atoms with van der Waals surface area (Å²) in [4.78, 5) is 24.1. The van der Waals surface area contributed by atoms with E-state index in [1.807, 2.05) is 0 Å². The molecule has 29 heavy (non-hydrogen) atoms. The number of nitrogens with zero attached hydrogens (tertiary/aromatic N) is 1. The van der Waals surface area contributed by atoms with Crippen molar-refractivity contribution in [1.29, 1.82) is 0 Å². The number of unbranched alkanes of at least 4 members (excludes halogenated alkanes) is 2. The molecular formula is C20H25N3O4S2. The first kappa shape index (κ1) is 21.3. The Morgan fingerprint density at radius 2 is 2.00 bits per heavy atom. The monoisotopic (exact) mass is 435 g/mol. The van der Waals surface area contributed by atoms with Crippen molar-refractivity contribution in [2.24, 2.45) is 0 Å². The summed E-state index contributed by atoms with van der Waals surface area (Å²) >= 11 is 1.18. The smallest absolute Gasteiger partial charge is 0.313 e. The third-order valence-corrected chi connectivity index (χ3v) is 7.92. The Bertz CT molecular complexity index is 972. The summed E-state index contributed by atoms with van der Waals surface area (Å²) < 4.78 is 27.7. The average Bonchev–Trinajstić information content (AvgIpc) is 3.26. The second-order valence-corrected chi connectivity index (χ2v) is 9.91. The molecule has 1 aliphatic heterocycles. The first-order valence-corrected chi connectivity index (χ1v) is 12.0. The number of anilines is 2. The second kappa shape index (κ2) is 9.41. The van der Waals surface area contributed by atoms with Crippen molar-refractivity contribution in [1.82, 2.24) is 5.32 Å². The number of amides is 2. The van der Waals surface area contributed by atoms with E-state index in [1.54, 1.807) is 35.7 Å². The summed E-state index contributed by atoms with van der Waals surface area (Å²) in [5.41, 5.74) is 1.84. The minimum Gasteiger partial charge on any atom is -0.348 e. The number of hydrogen-bond donors (Lipinski definition) is 2. The summed E-state index contributed by atoms with van der Waals surface area (Å²) in [5, 5.41) is 6.89. The maximum Gasteiger partial charge on any atom is 0.313 e. The highest BCUT2D eigenvalue weighted by atomic mass is 32.2. The van der Waals surface area contributed by atoms with E-state index in [-0.39, 0.29) is 4.21 Å². The van der Waals surface area contributed by atoms with Crippen molar-refractivity contribution >= 4 is 44.5 Å². The van der Waals surface area contributed by atoms with E-state index in [4.69, 9.17) is 0 Å². The number of benzene rings is 1. The van der Waals surface area contributed by atoms with Gasteiger partial charge in [-0.15, -0.1) is 11.3 Å². The van der Waals surface area contributed by atoms with Crippen LogP contribution in [0.2, 0.25) is 0 Å². The number of hydrogen-bond acceptors (Lipinski definition) is 5. The van der Waals surface area contributed by atoms with Crippen molar-refractivity contribution in [3.63, 3.8) is 0 Å². The van der Waals surface area contributed by atoms with Crippen LogP contribution in [0.25, 0.3) is 0 Å². The molecule has 156 valence electrons. The highest BCUT2D eigenvalue weighted by Gasteiger charge is 2.30. The van der Waals surface area contributed by atoms with Gasteiger partial charge in [-0.3, -0.25) is 13.9 Å². The summed E-state index contributed by atoms with van der Waals surface area (Å²) in [5.74, 6) is -1.45. The van der Waals surface area contributed by atoms with Gasteiger partial charge in [0, 0.05) is 18.8 Å². The summed E-state index contributed by atoms with van der Waals surface area (Å²) in [6, 6.07) is 8.42. The average molecular weight is 436 g/mol. The fourth-order valence-corrected chi connectivity index (χ4v) is 5.87. The molecule has 1 aliphatic rings. The molecule has 0 radical (unpaired) electrons. The van der Waals surface area contributed by atoms with Crippen LogP contribution in [-0.4, -0.2) is 33.3 Å². The molecule has 2 N–H and O–H groups in total. The van der Waals surface area contributed by atoms with Crippen LogP contribution in [0.15, 0.2) is 39.9 Å². The second-order valence-electron chi connectivity index (χ2n) is 6.87. The van der Waals surface area contributed by atoms with Gasteiger partial charge in [0.15, 0.2) is 0 Å². The predicted octanol–water partition coefficient (Wildman–Crippen LogP) is 3.13. The minimum atomic E-state index is -3.65. The van der Waals surface area contributed by atoms with E-state index in [0.717, 1.165) is 37.7 Å². The molecule has 0 aliphatic carbocycles. The lowest BCUT2D eigenvalue weighted by molar-refractivity contribution is -0.136. The summed E-state index contributed by atoms with van der Waals surface area (Å²) in [6.07, 6.45) is 4.33. The maximum absolute atomic E-state index is 13.0. The number of aryl methyl sites for hydroxylation is 1. The molecule has 7 nitrogen and oxygen atoms in total. The van der Waals surface area contributed by atoms with E-state index in [9.17, 15) is 18.0 Å². The van der Waals surface area contributed by atoms with Crippen LogP contribution in [0.1, 0.15) is 38.2 Å². The fourth-order valence-electron chi connectivity index (χ4n) is 3.23. The first-order valence-electron chi connectivity index (χ1n) is 9.72. The van der Waals surface area contributed by atoms with Crippen molar-refractivity contribution in [2.75, 3.05) is 22.7 Å². The minimum absolute atomic E-state index is 0.284. The summed E-state index contributed by atoms with van der Waals surface area (Å²) in [7, 11) is -3.65. The molecule has 0 atom stereocenters. The molecule has 1 aromatic carbocycles.